The molecular weight excluding hydrogens is 332 g/mol. The zero-order valence-electron chi connectivity index (χ0n) is 15.9. The molecule has 0 fully saturated rings. The molecule has 7 heteroatoms. The largest absolute Gasteiger partial charge is 0.490 e. The van der Waals surface area contributed by atoms with Crippen LogP contribution in [-0.4, -0.2) is 53.7 Å². The fraction of sp³-hybridized carbons (Fsp3) is 0.474. The Kier molecular flexibility index (Phi) is 7.47. The van der Waals surface area contributed by atoms with Crippen molar-refractivity contribution < 1.29 is 14.3 Å². The van der Waals surface area contributed by atoms with Crippen molar-refractivity contribution in [2.45, 2.75) is 33.0 Å². The summed E-state index contributed by atoms with van der Waals surface area (Å²) in [7, 11) is 3.43. The lowest BCUT2D eigenvalue weighted by atomic mass is 10.2. The topological polar surface area (TPSA) is 68.6 Å². The van der Waals surface area contributed by atoms with Gasteiger partial charge in [-0.05, 0) is 31.5 Å². The number of hydrogen-bond acceptors (Lipinski definition) is 5. The van der Waals surface area contributed by atoms with Gasteiger partial charge in [-0.1, -0.05) is 6.07 Å². The van der Waals surface area contributed by atoms with Crippen LogP contribution in [0.25, 0.3) is 0 Å². The van der Waals surface area contributed by atoms with Crippen molar-refractivity contribution in [3.8, 4) is 11.5 Å². The van der Waals surface area contributed by atoms with Gasteiger partial charge < -0.3 is 24.3 Å². The summed E-state index contributed by atoms with van der Waals surface area (Å²) in [5.41, 5.74) is 1.10. The molecule has 1 aromatic carbocycles. The van der Waals surface area contributed by atoms with Gasteiger partial charge in [0.2, 0.25) is 0 Å². The number of rotatable bonds is 10. The van der Waals surface area contributed by atoms with Crippen LogP contribution >= 0.6 is 0 Å². The quantitative estimate of drug-likeness (QED) is 0.656. The first-order chi connectivity index (χ1) is 12.5. The van der Waals surface area contributed by atoms with Crippen LogP contribution in [0.5, 0.6) is 11.5 Å². The van der Waals surface area contributed by atoms with E-state index in [1.807, 2.05) is 35.9 Å². The fourth-order valence-corrected chi connectivity index (χ4v) is 2.49. The van der Waals surface area contributed by atoms with Gasteiger partial charge in [0.25, 0.3) is 5.91 Å². The summed E-state index contributed by atoms with van der Waals surface area (Å²) >= 11 is 0. The maximum absolute atomic E-state index is 12.0. The second kappa shape index (κ2) is 9.82. The van der Waals surface area contributed by atoms with E-state index >= 15 is 0 Å². The Morgan fingerprint density at radius 3 is 2.81 bits per heavy atom. The van der Waals surface area contributed by atoms with Crippen LogP contribution in [0.4, 0.5) is 0 Å². The standard InChI is InChI=1S/C19H28N4O3/c1-5-25-18-12-16(13-20-8-10-23-11-9-21-14-23)6-7-17(18)26-15(2)19(24)22(3)4/h6-7,9,11-12,14-15,20H,5,8,10,13H2,1-4H3. The highest BCUT2D eigenvalue weighted by atomic mass is 16.5. The van der Waals surface area contributed by atoms with E-state index in [0.29, 0.717) is 18.1 Å². The van der Waals surface area contributed by atoms with Crippen molar-refractivity contribution in [2.75, 3.05) is 27.2 Å². The molecule has 1 unspecified atom stereocenters. The van der Waals surface area contributed by atoms with Gasteiger partial charge in [-0.2, -0.15) is 0 Å². The molecule has 0 spiro atoms. The van der Waals surface area contributed by atoms with Gasteiger partial charge in [-0.3, -0.25) is 4.79 Å². The lowest BCUT2D eigenvalue weighted by Crippen LogP contribution is -2.35. The van der Waals surface area contributed by atoms with Crippen molar-refractivity contribution in [2.24, 2.45) is 0 Å². The summed E-state index contributed by atoms with van der Waals surface area (Å²) in [5, 5.41) is 3.40. The fourth-order valence-electron chi connectivity index (χ4n) is 2.49. The highest BCUT2D eigenvalue weighted by Gasteiger charge is 2.18. The summed E-state index contributed by atoms with van der Waals surface area (Å²) in [6, 6.07) is 5.79. The van der Waals surface area contributed by atoms with Gasteiger partial charge in [0, 0.05) is 46.1 Å². The number of ether oxygens (including phenoxy) is 2. The van der Waals surface area contributed by atoms with E-state index in [-0.39, 0.29) is 5.91 Å². The number of nitrogens with zero attached hydrogens (tertiary/aromatic N) is 3. The van der Waals surface area contributed by atoms with Gasteiger partial charge in [0.15, 0.2) is 17.6 Å². The number of nitrogens with one attached hydrogen (secondary N) is 1. The zero-order chi connectivity index (χ0) is 18.9. The molecule has 7 nitrogen and oxygen atoms in total. The summed E-state index contributed by atoms with van der Waals surface area (Å²) in [5.74, 6) is 1.15. The van der Waals surface area contributed by atoms with E-state index in [9.17, 15) is 4.79 Å². The minimum atomic E-state index is -0.566. The van der Waals surface area contributed by atoms with Crippen LogP contribution in [0, 0.1) is 0 Å². The number of hydrogen-bond donors (Lipinski definition) is 1. The Morgan fingerprint density at radius 1 is 1.35 bits per heavy atom. The molecule has 0 saturated carbocycles. The van der Waals surface area contributed by atoms with E-state index in [4.69, 9.17) is 9.47 Å². The van der Waals surface area contributed by atoms with Crippen LogP contribution in [0.3, 0.4) is 0 Å². The van der Waals surface area contributed by atoms with E-state index in [0.717, 1.165) is 25.2 Å². The van der Waals surface area contributed by atoms with Gasteiger partial charge in [-0.15, -0.1) is 0 Å². The van der Waals surface area contributed by atoms with Crippen molar-refractivity contribution in [1.29, 1.82) is 0 Å². The molecule has 0 aliphatic rings. The van der Waals surface area contributed by atoms with Crippen LogP contribution in [0.2, 0.25) is 0 Å². The normalized spacial score (nSPS) is 11.8. The third kappa shape index (κ3) is 5.77. The second-order valence-electron chi connectivity index (χ2n) is 6.18. The third-order valence-electron chi connectivity index (χ3n) is 3.84. The van der Waals surface area contributed by atoms with E-state index in [2.05, 4.69) is 10.3 Å². The first-order valence-electron chi connectivity index (χ1n) is 8.81. The van der Waals surface area contributed by atoms with Crippen LogP contribution in [-0.2, 0) is 17.9 Å². The molecule has 142 valence electrons. The van der Waals surface area contributed by atoms with Crippen molar-refractivity contribution in [3.63, 3.8) is 0 Å². The molecule has 0 aliphatic carbocycles. The average molecular weight is 360 g/mol. The summed E-state index contributed by atoms with van der Waals surface area (Å²) < 4.78 is 13.5. The number of likely N-dealkylation sites (N-methyl/N-ethyl adjacent to an activating group) is 1. The lowest BCUT2D eigenvalue weighted by molar-refractivity contribution is -0.135. The number of aromatic nitrogens is 2. The minimum Gasteiger partial charge on any atom is -0.490 e. The number of imidazole rings is 1. The molecule has 1 amide bonds. The molecular formula is C19H28N4O3. The average Bonchev–Trinajstić information content (AvgIpc) is 3.13. The van der Waals surface area contributed by atoms with Gasteiger partial charge in [0.1, 0.15) is 0 Å². The van der Waals surface area contributed by atoms with Gasteiger partial charge >= 0.3 is 0 Å². The third-order valence-corrected chi connectivity index (χ3v) is 3.84. The summed E-state index contributed by atoms with van der Waals surface area (Å²) in [4.78, 5) is 17.5. The maximum Gasteiger partial charge on any atom is 0.262 e. The molecule has 0 aliphatic heterocycles. The Hall–Kier alpha value is -2.54. The zero-order valence-corrected chi connectivity index (χ0v) is 15.9. The van der Waals surface area contributed by atoms with E-state index in [1.165, 1.54) is 4.90 Å². The molecule has 2 rings (SSSR count). The Morgan fingerprint density at radius 2 is 2.15 bits per heavy atom. The molecule has 1 heterocycles. The number of benzene rings is 1. The van der Waals surface area contributed by atoms with Gasteiger partial charge in [0.05, 0.1) is 12.9 Å². The molecule has 0 radical (unpaired) electrons. The molecule has 2 aromatic rings. The van der Waals surface area contributed by atoms with Crippen molar-refractivity contribution in [1.82, 2.24) is 19.8 Å². The van der Waals surface area contributed by atoms with E-state index < -0.39 is 6.10 Å². The van der Waals surface area contributed by atoms with Crippen molar-refractivity contribution in [3.05, 3.63) is 42.5 Å². The minimum absolute atomic E-state index is 0.0855. The maximum atomic E-state index is 12.0. The Balaban J connectivity index is 1.94. The SMILES string of the molecule is CCOc1cc(CNCCn2ccnc2)ccc1OC(C)C(=O)N(C)C. The predicted octanol–water partition coefficient (Wildman–Crippen LogP) is 1.93. The highest BCUT2D eigenvalue weighted by molar-refractivity contribution is 5.80. The molecule has 1 atom stereocenters. The number of carbonyl (C=O) groups excluding carboxylic acids is 1. The lowest BCUT2D eigenvalue weighted by Gasteiger charge is -2.20. The van der Waals surface area contributed by atoms with Crippen LogP contribution in [0.1, 0.15) is 19.4 Å². The van der Waals surface area contributed by atoms with Crippen LogP contribution in [0.15, 0.2) is 36.9 Å². The molecule has 0 saturated heterocycles. The van der Waals surface area contributed by atoms with Crippen LogP contribution < -0.4 is 14.8 Å². The highest BCUT2D eigenvalue weighted by Crippen LogP contribution is 2.29. The van der Waals surface area contributed by atoms with Gasteiger partial charge in [-0.25, -0.2) is 4.98 Å². The first-order valence-corrected chi connectivity index (χ1v) is 8.81. The van der Waals surface area contributed by atoms with E-state index in [1.54, 1.807) is 33.5 Å². The molecule has 1 aromatic heterocycles. The van der Waals surface area contributed by atoms with Crippen molar-refractivity contribution >= 4 is 5.91 Å². The number of carbonyl (C=O) groups is 1. The smallest absolute Gasteiger partial charge is 0.262 e. The monoisotopic (exact) mass is 360 g/mol. The summed E-state index contributed by atoms with van der Waals surface area (Å²) in [6.07, 6.45) is 4.95. The molecule has 0 bridgehead atoms. The second-order valence-corrected chi connectivity index (χ2v) is 6.18. The number of amides is 1. The predicted molar refractivity (Wildman–Crippen MR) is 100 cm³/mol. The molecule has 1 N–H and O–H groups in total. The molecule has 26 heavy (non-hydrogen) atoms. The Bertz CT molecular complexity index is 686. The first kappa shape index (κ1) is 19.8. The Labute approximate surface area is 154 Å². The summed E-state index contributed by atoms with van der Waals surface area (Å²) in [6.45, 7) is 6.62.